The molecule has 0 heterocycles. The maximum absolute atomic E-state index is 10.4. The molecule has 0 aliphatic heterocycles. The first-order valence-electron chi connectivity index (χ1n) is 3.95. The van der Waals surface area contributed by atoms with Crippen LogP contribution < -0.4 is 4.72 Å². The Morgan fingerprint density at radius 1 is 1.62 bits per heavy atom. The minimum absolute atomic E-state index is 0.715. The monoisotopic (exact) mass is 203 g/mol. The molecule has 0 saturated carbocycles. The molecule has 0 amide bonds. The summed E-state index contributed by atoms with van der Waals surface area (Å²) in [7, 11) is 1.63. The second-order valence-electron chi connectivity index (χ2n) is 2.83. The van der Waals surface area contributed by atoms with Crippen LogP contribution in [0.15, 0.2) is 23.1 Å². The first kappa shape index (κ1) is 10.3. The zero-order chi connectivity index (χ0) is 9.84. The van der Waals surface area contributed by atoms with Crippen LogP contribution in [0, 0.1) is 0 Å². The Labute approximate surface area is 80.1 Å². The van der Waals surface area contributed by atoms with Gasteiger partial charge in [0.05, 0.1) is 12.9 Å². The van der Waals surface area contributed by atoms with Crippen molar-refractivity contribution in [2.24, 2.45) is 0 Å². The zero-order valence-electron chi connectivity index (χ0n) is 7.66. The van der Waals surface area contributed by atoms with Gasteiger partial charge in [-0.1, -0.05) is 0 Å². The number of hydrogen-bond acceptors (Lipinski definition) is 2. The summed E-state index contributed by atoms with van der Waals surface area (Å²) in [6.45, 7) is 1.92. The van der Waals surface area contributed by atoms with Gasteiger partial charge in [-0.3, -0.25) is 9.27 Å². The quantitative estimate of drug-likeness (QED) is 0.680. The van der Waals surface area contributed by atoms with Crippen molar-refractivity contribution < 1.29 is 13.5 Å². The van der Waals surface area contributed by atoms with Gasteiger partial charge in [0.1, 0.15) is 0 Å². The van der Waals surface area contributed by atoms with Crippen LogP contribution in [0.25, 0.3) is 0 Å². The number of nitrogens with one attached hydrogen (secondary N) is 1. The van der Waals surface area contributed by atoms with E-state index < -0.39 is 11.3 Å². The van der Waals surface area contributed by atoms with Gasteiger partial charge < -0.3 is 4.74 Å². The summed E-state index contributed by atoms with van der Waals surface area (Å²) in [6.07, 6.45) is 3.32. The fourth-order valence-electron chi connectivity index (χ4n) is 1.32. The molecular formula is C8H13NO3S. The third-order valence-corrected chi connectivity index (χ3v) is 2.35. The third-order valence-electron chi connectivity index (χ3n) is 1.92. The van der Waals surface area contributed by atoms with Gasteiger partial charge in [-0.2, -0.15) is 0 Å². The van der Waals surface area contributed by atoms with Crippen molar-refractivity contribution in [2.75, 3.05) is 7.11 Å². The SMILES string of the molecule is COC1=C(C)C=C(NS(=O)O)CC1. The summed E-state index contributed by atoms with van der Waals surface area (Å²) >= 11 is -1.97. The third kappa shape index (κ3) is 2.86. The molecule has 0 fully saturated rings. The lowest BCUT2D eigenvalue weighted by molar-refractivity contribution is 0.271. The number of ether oxygens (including phenoxy) is 1. The second kappa shape index (κ2) is 4.43. The molecule has 0 aromatic carbocycles. The van der Waals surface area contributed by atoms with Gasteiger partial charge in [0, 0.05) is 12.1 Å². The number of allylic oxidation sites excluding steroid dienone is 4. The molecular weight excluding hydrogens is 190 g/mol. The lowest BCUT2D eigenvalue weighted by Gasteiger charge is -2.16. The first-order chi connectivity index (χ1) is 6.13. The molecule has 4 nitrogen and oxygen atoms in total. The van der Waals surface area contributed by atoms with Gasteiger partial charge in [-0.15, -0.1) is 0 Å². The van der Waals surface area contributed by atoms with E-state index in [4.69, 9.17) is 9.29 Å². The van der Waals surface area contributed by atoms with E-state index in [1.54, 1.807) is 7.11 Å². The molecule has 1 aliphatic carbocycles. The molecule has 0 saturated heterocycles. The Bertz CT molecular complexity index is 283. The molecule has 1 unspecified atom stereocenters. The van der Waals surface area contributed by atoms with Gasteiger partial charge in [0.25, 0.3) is 11.3 Å². The lowest BCUT2D eigenvalue weighted by atomic mass is 10.0. The Kier molecular flexibility index (Phi) is 3.50. The molecule has 1 rings (SSSR count). The van der Waals surface area contributed by atoms with Crippen molar-refractivity contribution in [3.63, 3.8) is 0 Å². The van der Waals surface area contributed by atoms with Crippen molar-refractivity contribution in [3.05, 3.63) is 23.1 Å². The average molecular weight is 203 g/mol. The summed E-state index contributed by atoms with van der Waals surface area (Å²) < 4.78 is 26.6. The van der Waals surface area contributed by atoms with Gasteiger partial charge in [-0.05, 0) is 25.0 Å². The van der Waals surface area contributed by atoms with Crippen LogP contribution in [0.5, 0.6) is 0 Å². The molecule has 5 heteroatoms. The van der Waals surface area contributed by atoms with Crippen molar-refractivity contribution in [2.45, 2.75) is 19.8 Å². The Hall–Kier alpha value is -0.810. The fourth-order valence-corrected chi connectivity index (χ4v) is 1.70. The molecule has 1 aliphatic rings. The van der Waals surface area contributed by atoms with E-state index in [0.29, 0.717) is 6.42 Å². The van der Waals surface area contributed by atoms with Crippen molar-refractivity contribution in [3.8, 4) is 0 Å². The molecule has 0 aromatic rings. The normalized spacial score (nSPS) is 19.5. The Morgan fingerprint density at radius 3 is 2.77 bits per heavy atom. The van der Waals surface area contributed by atoms with Gasteiger partial charge in [-0.25, -0.2) is 4.21 Å². The highest BCUT2D eigenvalue weighted by Gasteiger charge is 2.11. The van der Waals surface area contributed by atoms with Crippen LogP contribution in [0.1, 0.15) is 19.8 Å². The highest BCUT2D eigenvalue weighted by molar-refractivity contribution is 7.77. The summed E-state index contributed by atoms with van der Waals surface area (Å²) in [5.74, 6) is 0.939. The van der Waals surface area contributed by atoms with Crippen molar-refractivity contribution in [1.82, 2.24) is 4.72 Å². The van der Waals surface area contributed by atoms with Gasteiger partial charge in [0.15, 0.2) is 0 Å². The summed E-state index contributed by atoms with van der Waals surface area (Å²) in [6, 6.07) is 0. The molecule has 1 atom stereocenters. The van der Waals surface area contributed by atoms with E-state index >= 15 is 0 Å². The zero-order valence-corrected chi connectivity index (χ0v) is 8.48. The highest BCUT2D eigenvalue weighted by atomic mass is 32.2. The molecule has 0 bridgehead atoms. The van der Waals surface area contributed by atoms with E-state index in [-0.39, 0.29) is 0 Å². The largest absolute Gasteiger partial charge is 0.501 e. The summed E-state index contributed by atoms with van der Waals surface area (Å²) in [5.41, 5.74) is 1.78. The summed E-state index contributed by atoms with van der Waals surface area (Å²) in [4.78, 5) is 0. The van der Waals surface area contributed by atoms with Crippen LogP contribution in [0.3, 0.4) is 0 Å². The average Bonchev–Trinajstić information content (AvgIpc) is 2.03. The molecule has 13 heavy (non-hydrogen) atoms. The standard InChI is InChI=1S/C8H13NO3S/c1-6-5-7(9-13(10)11)3-4-8(6)12-2/h5,9H,3-4H2,1-2H3,(H,10,11). The van der Waals surface area contributed by atoms with Crippen molar-refractivity contribution >= 4 is 11.3 Å². The molecule has 0 spiro atoms. The Morgan fingerprint density at radius 2 is 2.31 bits per heavy atom. The van der Waals surface area contributed by atoms with Crippen LogP contribution >= 0.6 is 0 Å². The number of rotatable bonds is 3. The number of methoxy groups -OCH3 is 1. The number of hydrogen-bond donors (Lipinski definition) is 2. The Balaban J connectivity index is 2.72. The van der Waals surface area contributed by atoms with E-state index in [0.717, 1.165) is 23.5 Å². The van der Waals surface area contributed by atoms with E-state index in [1.807, 2.05) is 13.0 Å². The lowest BCUT2D eigenvalue weighted by Crippen LogP contribution is -2.17. The summed E-state index contributed by atoms with van der Waals surface area (Å²) in [5, 5.41) is 0. The fraction of sp³-hybridized carbons (Fsp3) is 0.500. The van der Waals surface area contributed by atoms with Gasteiger partial charge in [0.2, 0.25) is 0 Å². The van der Waals surface area contributed by atoms with E-state index in [2.05, 4.69) is 4.72 Å². The molecule has 2 N–H and O–H groups in total. The highest BCUT2D eigenvalue weighted by Crippen LogP contribution is 2.22. The topological polar surface area (TPSA) is 58.6 Å². The predicted octanol–water partition coefficient (Wildman–Crippen LogP) is 1.31. The second-order valence-corrected chi connectivity index (χ2v) is 3.53. The maximum Gasteiger partial charge on any atom is 0.258 e. The van der Waals surface area contributed by atoms with Crippen LogP contribution in [-0.2, 0) is 16.0 Å². The first-order valence-corrected chi connectivity index (χ1v) is 5.06. The molecule has 0 aromatic heterocycles. The van der Waals surface area contributed by atoms with Crippen molar-refractivity contribution in [1.29, 1.82) is 0 Å². The van der Waals surface area contributed by atoms with Crippen LogP contribution in [0.4, 0.5) is 0 Å². The van der Waals surface area contributed by atoms with Gasteiger partial charge >= 0.3 is 0 Å². The van der Waals surface area contributed by atoms with E-state index in [9.17, 15) is 4.21 Å². The molecule has 74 valence electrons. The van der Waals surface area contributed by atoms with Crippen LogP contribution in [0.2, 0.25) is 0 Å². The van der Waals surface area contributed by atoms with Crippen LogP contribution in [-0.4, -0.2) is 15.9 Å². The minimum Gasteiger partial charge on any atom is -0.501 e. The smallest absolute Gasteiger partial charge is 0.258 e. The minimum atomic E-state index is -1.97. The molecule has 0 radical (unpaired) electrons. The van der Waals surface area contributed by atoms with E-state index in [1.165, 1.54) is 0 Å². The maximum atomic E-state index is 10.4. The predicted molar refractivity (Wildman–Crippen MR) is 50.9 cm³/mol.